The number of aromatic nitrogens is 4. The molecule has 5 aromatic heterocycles. The number of thiophene rings is 1. The van der Waals surface area contributed by atoms with Gasteiger partial charge in [0.25, 0.3) is 22.6 Å². The Balaban J connectivity index is 0.000000137. The molecule has 0 spiro atoms. The highest BCUT2D eigenvalue weighted by atomic mass is 32.1. The van der Waals surface area contributed by atoms with Crippen LogP contribution in [0.1, 0.15) is 95.2 Å². The second-order valence-corrected chi connectivity index (χ2v) is 30.9. The highest BCUT2D eigenvalue weighted by Gasteiger charge is 2.39. The first-order valence-corrected chi connectivity index (χ1v) is 41.3. The number of amides is 4. The van der Waals surface area contributed by atoms with Crippen LogP contribution in [0.3, 0.4) is 0 Å². The van der Waals surface area contributed by atoms with E-state index in [0.717, 1.165) is 90.0 Å². The van der Waals surface area contributed by atoms with Crippen LogP contribution < -0.4 is 52.5 Å². The van der Waals surface area contributed by atoms with Gasteiger partial charge in [0, 0.05) is 179 Å². The van der Waals surface area contributed by atoms with Gasteiger partial charge in [0.15, 0.2) is 0 Å². The lowest BCUT2D eigenvalue weighted by molar-refractivity contribution is -0.385. The Morgan fingerprint density at radius 1 is 0.458 bits per heavy atom. The number of esters is 3. The van der Waals surface area contributed by atoms with Crippen LogP contribution in [0, 0.1) is 10.1 Å². The smallest absolute Gasteiger partial charge is 0.357 e. The number of ether oxygens (including phenoxy) is 4. The summed E-state index contributed by atoms with van der Waals surface area (Å²) >= 11 is 1.74. The van der Waals surface area contributed by atoms with Crippen molar-refractivity contribution in [3.8, 4) is 0 Å². The summed E-state index contributed by atoms with van der Waals surface area (Å²) in [5.74, 6) is -1.86. The number of nitrogens with zero attached hydrogens (tertiary/aromatic N) is 13. The van der Waals surface area contributed by atoms with E-state index in [2.05, 4.69) is 27.0 Å². The first-order valence-electron chi connectivity index (χ1n) is 40.4. The molecule has 0 radical (unpaired) electrons. The molecular weight excluding hydrogens is 1540 g/mol. The summed E-state index contributed by atoms with van der Waals surface area (Å²) in [6.07, 6.45) is 4.15. The zero-order valence-electron chi connectivity index (χ0n) is 67.7. The third-order valence-electron chi connectivity index (χ3n) is 22.9. The van der Waals surface area contributed by atoms with E-state index in [1.54, 1.807) is 65.2 Å². The van der Waals surface area contributed by atoms with E-state index in [9.17, 15) is 62.9 Å². The summed E-state index contributed by atoms with van der Waals surface area (Å²) in [5, 5.41) is 23.0. The number of nitro groups is 1. The molecule has 12 heterocycles. The fraction of sp³-hybridized carbons (Fsp3) is 0.447. The molecule has 118 heavy (non-hydrogen) atoms. The van der Waals surface area contributed by atoms with Gasteiger partial charge in [-0.05, 0) is 95.1 Å². The maximum Gasteiger partial charge on any atom is 0.357 e. The number of para-hydroxylation sites is 4. The topological polar surface area (TPSA) is 338 Å². The molecule has 7 fully saturated rings. The van der Waals surface area contributed by atoms with Gasteiger partial charge >= 0.3 is 29.2 Å². The fourth-order valence-electron chi connectivity index (χ4n) is 16.8. The van der Waals surface area contributed by atoms with Crippen LogP contribution in [0.25, 0.3) is 43.6 Å². The molecular formula is C85H101N15O17S. The van der Waals surface area contributed by atoms with Gasteiger partial charge < -0.3 is 82.1 Å². The highest BCUT2D eigenvalue weighted by Crippen LogP contribution is 2.37. The van der Waals surface area contributed by atoms with Gasteiger partial charge in [-0.1, -0.05) is 78.9 Å². The van der Waals surface area contributed by atoms with Crippen molar-refractivity contribution < 1.29 is 57.4 Å². The molecule has 0 aliphatic carbocycles. The summed E-state index contributed by atoms with van der Waals surface area (Å²) in [4.78, 5) is 168. The first-order chi connectivity index (χ1) is 57.0. The summed E-state index contributed by atoms with van der Waals surface area (Å²) < 4.78 is 27.0. The largest absolute Gasteiger partial charge is 0.462 e. The zero-order chi connectivity index (χ0) is 83.6. The number of piperazine rings is 4. The molecule has 9 aromatic rings. The first kappa shape index (κ1) is 84.1. The number of carbonyl (C=O) groups excluding carboxylic acids is 7. The van der Waals surface area contributed by atoms with Crippen molar-refractivity contribution >= 4 is 125 Å². The summed E-state index contributed by atoms with van der Waals surface area (Å²) in [7, 11) is 6.56. The fourth-order valence-corrected chi connectivity index (χ4v) is 17.6. The Bertz CT molecular complexity index is 5360. The summed E-state index contributed by atoms with van der Waals surface area (Å²) in [5.41, 5.74) is 3.27. The van der Waals surface area contributed by atoms with Crippen molar-refractivity contribution in [2.45, 2.75) is 84.0 Å². The highest BCUT2D eigenvalue weighted by molar-refractivity contribution is 7.09. The van der Waals surface area contributed by atoms with Gasteiger partial charge in [-0.25, -0.2) is 14.4 Å². The average Bonchev–Trinajstić information content (AvgIpc) is 0.899. The van der Waals surface area contributed by atoms with Gasteiger partial charge in [-0.15, -0.1) is 11.3 Å². The molecule has 3 atom stereocenters. The standard InChI is InChI=1S/C22H26N4O5.C22H28N4O4.C22H27N3O5.C19H20N4O3S/c1-3-31-22(30)18-19(14-6-4-5-7-16(14)24(2)21(18)29)25-10-12-26(13-11-25)20(28)15-8-9-17(27)23-15;1-3-30-22(29)18-19(15-7-4-5-9-17(15)24(2)21(18)28)25-11-13-26(14-12-25)20(27)16-8-6-10-23-16;1-3-29-22(28)18-19(15-7-4-5-8-16(15)23(2)21(18)27)24-10-12-25(13-11-24)20(26)17-9-6-14-30-17;1-20-16-7-3-2-6-15(16)17(18(19(20)24)23(25)26)22-10-8-21(9-11-22)13-14-5-4-12-27-14/h4-7,15H,3,8-13H2,1-2H3,(H,23,27);4-5,7,9,16,23H,3,6,8,10-14H2,1-2H3;4-5,7-8,17H,3,6,9-14H2,1-2H3;2-7,12H,8-11,13H2,1H3. The summed E-state index contributed by atoms with van der Waals surface area (Å²) in [6.45, 7) is 17.2. The lowest BCUT2D eigenvalue weighted by atomic mass is 10.1. The number of hydrogen-bond donors (Lipinski definition) is 2. The maximum atomic E-state index is 13.1. The number of hydrogen-bond acceptors (Lipinski definition) is 24. The number of aryl methyl sites for hydroxylation is 4. The van der Waals surface area contributed by atoms with Crippen molar-refractivity contribution in [3.05, 3.63) is 188 Å². The number of anilines is 4. The average molecular weight is 1640 g/mol. The van der Waals surface area contributed by atoms with Crippen LogP contribution in [0.15, 0.2) is 134 Å². The SMILES string of the molecule is CCOC(=O)c1c(N2CCN(C(=O)C3CCC(=O)N3)CC2)c2ccccc2n(C)c1=O.CCOC(=O)c1c(N2CCN(C(=O)C3CCCN3)CC2)c2ccccc2n(C)c1=O.CCOC(=O)c1c(N2CCN(C(=O)C3CCCO3)CC2)c2ccccc2n(C)c1=O.Cn1c(=O)c([N+](=O)[O-])c(N2CCN(Cc3cccs3)CC2)c2ccccc21. The molecule has 4 amide bonds. The van der Waals surface area contributed by atoms with Crippen LogP contribution in [0.2, 0.25) is 0 Å². The minimum Gasteiger partial charge on any atom is -0.462 e. The van der Waals surface area contributed by atoms with Gasteiger partial charge in [-0.2, -0.15) is 0 Å². The number of pyridine rings is 4. The lowest BCUT2D eigenvalue weighted by Gasteiger charge is -2.38. The van der Waals surface area contributed by atoms with Gasteiger partial charge in [-0.3, -0.25) is 53.4 Å². The van der Waals surface area contributed by atoms with Gasteiger partial charge in [0.1, 0.15) is 34.5 Å². The number of fused-ring (bicyclic) bond motifs is 4. The molecule has 32 nitrogen and oxygen atoms in total. The molecule has 7 aliphatic rings. The van der Waals surface area contributed by atoms with Gasteiger partial charge in [0.05, 0.1) is 69.9 Å². The van der Waals surface area contributed by atoms with Crippen LogP contribution >= 0.6 is 11.3 Å². The molecule has 2 N–H and O–H groups in total. The molecule has 33 heteroatoms. The van der Waals surface area contributed by atoms with E-state index >= 15 is 0 Å². The number of nitrogens with one attached hydrogen (secondary N) is 2. The normalized spacial score (nSPS) is 18.3. The van der Waals surface area contributed by atoms with E-state index in [-0.39, 0.29) is 89.1 Å². The van der Waals surface area contributed by atoms with E-state index in [0.29, 0.717) is 139 Å². The Hall–Kier alpha value is -11.8. The molecule has 4 aromatic carbocycles. The molecule has 7 aliphatic heterocycles. The molecule has 0 saturated carbocycles. The third-order valence-corrected chi connectivity index (χ3v) is 23.8. The zero-order valence-corrected chi connectivity index (χ0v) is 68.5. The van der Waals surface area contributed by atoms with E-state index in [4.69, 9.17) is 18.9 Å². The molecule has 7 saturated heterocycles. The minimum absolute atomic E-state index is 0.0193. The van der Waals surface area contributed by atoms with Crippen molar-refractivity contribution in [2.75, 3.05) is 157 Å². The quantitative estimate of drug-likeness (QED) is 0.0475. The Kier molecular flexibility index (Phi) is 26.8. The monoisotopic (exact) mass is 1640 g/mol. The Morgan fingerprint density at radius 2 is 0.839 bits per heavy atom. The van der Waals surface area contributed by atoms with E-state index in [1.807, 2.05) is 133 Å². The van der Waals surface area contributed by atoms with Crippen LogP contribution in [-0.4, -0.2) is 240 Å². The molecule has 16 rings (SSSR count). The van der Waals surface area contributed by atoms with Crippen molar-refractivity contribution in [3.63, 3.8) is 0 Å². The van der Waals surface area contributed by atoms with Crippen molar-refractivity contribution in [2.24, 2.45) is 28.2 Å². The van der Waals surface area contributed by atoms with Gasteiger partial charge in [0.2, 0.25) is 17.7 Å². The van der Waals surface area contributed by atoms with Crippen LogP contribution in [0.5, 0.6) is 0 Å². The molecule has 3 unspecified atom stereocenters. The number of benzene rings is 4. The lowest BCUT2D eigenvalue weighted by Crippen LogP contribution is -2.53. The number of rotatable bonds is 16. The number of carbonyl (C=O) groups is 7. The van der Waals surface area contributed by atoms with Crippen LogP contribution in [-0.2, 0) is 72.9 Å². The van der Waals surface area contributed by atoms with Crippen molar-refractivity contribution in [1.82, 2.24) is 48.5 Å². The predicted octanol–water partition coefficient (Wildman–Crippen LogP) is 6.13. The van der Waals surface area contributed by atoms with Crippen molar-refractivity contribution in [1.29, 1.82) is 0 Å². The third kappa shape index (κ3) is 17.6. The molecule has 0 bridgehead atoms. The summed E-state index contributed by atoms with van der Waals surface area (Å²) in [6, 6.07) is 33.6. The predicted molar refractivity (Wildman–Crippen MR) is 451 cm³/mol. The minimum atomic E-state index is -0.643. The Labute approximate surface area is 684 Å². The van der Waals surface area contributed by atoms with Crippen LogP contribution in [0.4, 0.5) is 28.4 Å². The maximum absolute atomic E-state index is 13.1. The van der Waals surface area contributed by atoms with E-state index < -0.39 is 40.0 Å². The second-order valence-electron chi connectivity index (χ2n) is 29.9. The second kappa shape index (κ2) is 37.6. The Morgan fingerprint density at radius 3 is 1.19 bits per heavy atom. The van der Waals surface area contributed by atoms with E-state index in [1.165, 1.54) is 23.1 Å². The molecule has 624 valence electrons.